The molecular weight excluding hydrogens is 154 g/mol. The number of fused-ring (bicyclic) bond motifs is 1. The molecule has 2 heterocycles. The molecule has 0 radical (unpaired) electrons. The first kappa shape index (κ1) is 8.05. The second-order valence-corrected chi connectivity index (χ2v) is 3.92. The number of rotatable bonds is 3. The summed E-state index contributed by atoms with van der Waals surface area (Å²) >= 11 is 0. The van der Waals surface area contributed by atoms with Crippen LogP contribution in [0.1, 0.15) is 26.2 Å². The van der Waals surface area contributed by atoms with Crippen LogP contribution in [0.25, 0.3) is 0 Å². The zero-order chi connectivity index (χ0) is 8.60. The molecule has 2 saturated heterocycles. The maximum absolute atomic E-state index is 11.2. The Morgan fingerprint density at radius 3 is 2.92 bits per heavy atom. The zero-order valence-electron chi connectivity index (χ0n) is 7.43. The van der Waals surface area contributed by atoms with E-state index in [1.165, 1.54) is 12.8 Å². The molecule has 68 valence electrons. The van der Waals surface area contributed by atoms with Gasteiger partial charge >= 0.3 is 5.97 Å². The number of ether oxygens (including phenoxy) is 1. The van der Waals surface area contributed by atoms with Crippen molar-refractivity contribution >= 4 is 5.97 Å². The van der Waals surface area contributed by atoms with E-state index < -0.39 is 0 Å². The van der Waals surface area contributed by atoms with Crippen molar-refractivity contribution in [1.82, 2.24) is 5.32 Å². The van der Waals surface area contributed by atoms with Gasteiger partial charge in [0.25, 0.3) is 0 Å². The summed E-state index contributed by atoms with van der Waals surface area (Å²) in [5, 5.41) is 3.40. The van der Waals surface area contributed by atoms with Crippen LogP contribution in [-0.2, 0) is 9.53 Å². The van der Waals surface area contributed by atoms with Gasteiger partial charge in [-0.3, -0.25) is 4.79 Å². The minimum absolute atomic E-state index is 0.0506. The summed E-state index contributed by atoms with van der Waals surface area (Å²) in [5.74, 6) is 0.782. The Hall–Kier alpha value is -0.570. The van der Waals surface area contributed by atoms with Crippen molar-refractivity contribution in [3.8, 4) is 0 Å². The summed E-state index contributed by atoms with van der Waals surface area (Å²) in [7, 11) is 0. The molecule has 3 aliphatic rings. The number of carbonyl (C=O) groups is 1. The summed E-state index contributed by atoms with van der Waals surface area (Å²) in [6, 6.07) is 0. The highest BCUT2D eigenvalue weighted by atomic mass is 16.5. The highest BCUT2D eigenvalue weighted by Crippen LogP contribution is 2.45. The molecule has 3 fully saturated rings. The van der Waals surface area contributed by atoms with Gasteiger partial charge in [0, 0.05) is 5.54 Å². The van der Waals surface area contributed by atoms with Gasteiger partial charge in [0.05, 0.1) is 13.0 Å². The van der Waals surface area contributed by atoms with E-state index in [-0.39, 0.29) is 11.5 Å². The fourth-order valence-electron chi connectivity index (χ4n) is 2.39. The Balaban J connectivity index is 1.83. The summed E-state index contributed by atoms with van der Waals surface area (Å²) in [6.07, 6.45) is 2.91. The van der Waals surface area contributed by atoms with Gasteiger partial charge in [0.15, 0.2) is 0 Å². The summed E-state index contributed by atoms with van der Waals surface area (Å²) < 4.78 is 4.91. The molecule has 12 heavy (non-hydrogen) atoms. The zero-order valence-corrected chi connectivity index (χ0v) is 7.43. The monoisotopic (exact) mass is 169 g/mol. The van der Waals surface area contributed by atoms with Crippen LogP contribution >= 0.6 is 0 Å². The average molecular weight is 169 g/mol. The van der Waals surface area contributed by atoms with Crippen molar-refractivity contribution in [3.63, 3.8) is 0 Å². The van der Waals surface area contributed by atoms with E-state index in [4.69, 9.17) is 4.74 Å². The van der Waals surface area contributed by atoms with E-state index in [2.05, 4.69) is 5.32 Å². The van der Waals surface area contributed by atoms with Crippen LogP contribution in [0.2, 0.25) is 0 Å². The molecule has 0 aromatic carbocycles. The predicted octanol–water partition coefficient (Wildman–Crippen LogP) is 0.692. The third kappa shape index (κ3) is 1.22. The molecule has 0 amide bonds. The van der Waals surface area contributed by atoms with Crippen molar-refractivity contribution in [2.75, 3.05) is 13.2 Å². The van der Waals surface area contributed by atoms with E-state index in [1.807, 2.05) is 6.92 Å². The highest BCUT2D eigenvalue weighted by molar-refractivity contribution is 5.71. The van der Waals surface area contributed by atoms with E-state index in [9.17, 15) is 4.79 Å². The van der Waals surface area contributed by atoms with Gasteiger partial charge in [0.1, 0.15) is 0 Å². The highest BCUT2D eigenvalue weighted by Gasteiger charge is 2.51. The number of carbonyl (C=O) groups excluding carboxylic acids is 1. The van der Waals surface area contributed by atoms with Crippen LogP contribution in [-0.4, -0.2) is 24.7 Å². The third-order valence-electron chi connectivity index (χ3n) is 2.91. The first-order valence-corrected chi connectivity index (χ1v) is 4.65. The van der Waals surface area contributed by atoms with Crippen LogP contribution in [0.15, 0.2) is 0 Å². The normalized spacial score (nSPS) is 37.6. The Bertz CT molecular complexity index is 191. The van der Waals surface area contributed by atoms with Gasteiger partial charge in [-0.05, 0) is 32.2 Å². The second-order valence-electron chi connectivity index (χ2n) is 3.92. The molecule has 0 aromatic rings. The minimum Gasteiger partial charge on any atom is -0.466 e. The maximum atomic E-state index is 11.2. The van der Waals surface area contributed by atoms with Crippen LogP contribution < -0.4 is 5.32 Å². The van der Waals surface area contributed by atoms with E-state index in [1.54, 1.807) is 0 Å². The van der Waals surface area contributed by atoms with Crippen molar-refractivity contribution in [2.24, 2.45) is 5.92 Å². The predicted molar refractivity (Wildman–Crippen MR) is 44.7 cm³/mol. The van der Waals surface area contributed by atoms with Gasteiger partial charge in [-0.25, -0.2) is 0 Å². The Morgan fingerprint density at radius 2 is 2.42 bits per heavy atom. The first-order chi connectivity index (χ1) is 5.74. The number of esters is 1. The average Bonchev–Trinajstić information content (AvgIpc) is 2.45. The largest absolute Gasteiger partial charge is 0.466 e. The molecular formula is C9H15NO2. The van der Waals surface area contributed by atoms with Gasteiger partial charge in [0.2, 0.25) is 0 Å². The molecule has 3 heteroatoms. The lowest BCUT2D eigenvalue weighted by Gasteiger charge is -2.36. The Morgan fingerprint density at radius 1 is 1.67 bits per heavy atom. The van der Waals surface area contributed by atoms with Gasteiger partial charge < -0.3 is 10.1 Å². The van der Waals surface area contributed by atoms with Crippen LogP contribution in [0.5, 0.6) is 0 Å². The Labute approximate surface area is 72.5 Å². The van der Waals surface area contributed by atoms with Gasteiger partial charge in [-0.1, -0.05) is 0 Å². The lowest BCUT2D eigenvalue weighted by Crippen LogP contribution is -2.45. The minimum atomic E-state index is -0.0506. The lowest BCUT2D eigenvalue weighted by molar-refractivity contribution is -0.145. The van der Waals surface area contributed by atoms with E-state index in [0.29, 0.717) is 13.0 Å². The van der Waals surface area contributed by atoms with Crippen LogP contribution in [0, 0.1) is 5.92 Å². The van der Waals surface area contributed by atoms with Gasteiger partial charge in [-0.15, -0.1) is 0 Å². The van der Waals surface area contributed by atoms with Crippen molar-refractivity contribution < 1.29 is 9.53 Å². The lowest BCUT2D eigenvalue weighted by atomic mass is 9.72. The number of hydrogen-bond acceptors (Lipinski definition) is 3. The number of hydrogen-bond donors (Lipinski definition) is 1. The summed E-state index contributed by atoms with van der Waals surface area (Å²) in [6.45, 7) is 3.44. The second kappa shape index (κ2) is 2.73. The Kier molecular flexibility index (Phi) is 1.83. The van der Waals surface area contributed by atoms with Crippen LogP contribution in [0.4, 0.5) is 0 Å². The topological polar surface area (TPSA) is 38.3 Å². The summed E-state index contributed by atoms with van der Waals surface area (Å²) in [5.41, 5.74) is 0.136. The molecule has 3 rings (SSSR count). The molecule has 1 N–H and O–H groups in total. The number of nitrogens with one attached hydrogen (secondary N) is 1. The molecule has 0 spiro atoms. The van der Waals surface area contributed by atoms with Gasteiger partial charge in [-0.2, -0.15) is 0 Å². The molecule has 2 aliphatic heterocycles. The first-order valence-electron chi connectivity index (χ1n) is 4.65. The molecule has 3 nitrogen and oxygen atoms in total. The van der Waals surface area contributed by atoms with Crippen LogP contribution in [0.3, 0.4) is 0 Å². The molecule has 0 aromatic heterocycles. The molecule has 2 bridgehead atoms. The SMILES string of the molecule is CCOC(=O)CC12CC(CN1)C2. The van der Waals surface area contributed by atoms with Crippen molar-refractivity contribution in [2.45, 2.75) is 31.7 Å². The molecule has 1 saturated carbocycles. The smallest absolute Gasteiger partial charge is 0.307 e. The fraction of sp³-hybridized carbons (Fsp3) is 0.889. The summed E-state index contributed by atoms with van der Waals surface area (Å²) in [4.78, 5) is 11.2. The van der Waals surface area contributed by atoms with E-state index in [0.717, 1.165) is 12.5 Å². The van der Waals surface area contributed by atoms with E-state index >= 15 is 0 Å². The standard InChI is InChI=1S/C9H15NO2/c1-2-12-8(11)5-9-3-7(4-9)6-10-9/h7,10H,2-6H2,1H3. The molecule has 0 atom stereocenters. The maximum Gasteiger partial charge on any atom is 0.307 e. The van der Waals surface area contributed by atoms with Crippen molar-refractivity contribution in [1.29, 1.82) is 0 Å². The third-order valence-corrected chi connectivity index (χ3v) is 2.91. The van der Waals surface area contributed by atoms with Crippen molar-refractivity contribution in [3.05, 3.63) is 0 Å². The quantitative estimate of drug-likeness (QED) is 0.632. The molecule has 1 aliphatic carbocycles. The fourth-order valence-corrected chi connectivity index (χ4v) is 2.39. The molecule has 0 unspecified atom stereocenters.